The van der Waals surface area contributed by atoms with Crippen LogP contribution >= 0.6 is 12.6 Å². The van der Waals surface area contributed by atoms with Crippen molar-refractivity contribution in [3.05, 3.63) is 11.8 Å². The molecule has 0 saturated carbocycles. The molecule has 2 N–H and O–H groups in total. The van der Waals surface area contributed by atoms with Crippen molar-refractivity contribution in [1.82, 2.24) is 15.1 Å². The molecular formula is C7H10N4OS. The van der Waals surface area contributed by atoms with Gasteiger partial charge < -0.3 is 10.6 Å². The maximum absolute atomic E-state index is 11.3. The fourth-order valence-electron chi connectivity index (χ4n) is 1.29. The predicted molar refractivity (Wildman–Crippen MR) is 51.9 cm³/mol. The van der Waals surface area contributed by atoms with Gasteiger partial charge in [0.15, 0.2) is 0 Å². The molecule has 1 aromatic heterocycles. The van der Waals surface area contributed by atoms with Crippen molar-refractivity contribution in [2.45, 2.75) is 18.8 Å². The molecule has 5 nitrogen and oxygen atoms in total. The lowest BCUT2D eigenvalue weighted by Crippen LogP contribution is -2.45. The first-order chi connectivity index (χ1) is 6.22. The molecule has 2 heterocycles. The van der Waals surface area contributed by atoms with Crippen LogP contribution in [-0.4, -0.2) is 21.3 Å². The van der Waals surface area contributed by atoms with Crippen LogP contribution in [0.1, 0.15) is 12.5 Å². The predicted octanol–water partition coefficient (Wildman–Crippen LogP) is 0.642. The summed E-state index contributed by atoms with van der Waals surface area (Å²) in [6, 6.07) is -0.242. The third-order valence-electron chi connectivity index (χ3n) is 1.95. The minimum Gasteiger partial charge on any atom is -0.341 e. The van der Waals surface area contributed by atoms with Gasteiger partial charge >= 0.3 is 6.03 Å². The van der Waals surface area contributed by atoms with Crippen LogP contribution in [0.25, 0.3) is 0 Å². The molecule has 0 aromatic carbocycles. The topological polar surface area (TPSA) is 59.0 Å². The van der Waals surface area contributed by atoms with Gasteiger partial charge in [-0.15, -0.1) is 12.6 Å². The smallest absolute Gasteiger partial charge is 0.341 e. The summed E-state index contributed by atoms with van der Waals surface area (Å²) < 4.78 is 1.31. The van der Waals surface area contributed by atoms with Crippen molar-refractivity contribution in [2.24, 2.45) is 0 Å². The lowest BCUT2D eigenvalue weighted by molar-refractivity contribution is 0.238. The first-order valence-corrected chi connectivity index (χ1v) is 4.56. The number of fused-ring (bicyclic) bond motifs is 1. The lowest BCUT2D eigenvalue weighted by Gasteiger charge is -2.22. The van der Waals surface area contributed by atoms with Gasteiger partial charge in [0, 0.05) is 5.56 Å². The van der Waals surface area contributed by atoms with Crippen molar-refractivity contribution in [3.8, 4) is 0 Å². The lowest BCUT2D eigenvalue weighted by atomic mass is 10.2. The highest BCUT2D eigenvalue weighted by Gasteiger charge is 2.23. The van der Waals surface area contributed by atoms with Crippen molar-refractivity contribution in [1.29, 1.82) is 0 Å². The Labute approximate surface area is 80.9 Å². The summed E-state index contributed by atoms with van der Waals surface area (Å²) in [6.45, 7) is 2.01. The largest absolute Gasteiger partial charge is 0.346 e. The maximum Gasteiger partial charge on any atom is 0.346 e. The van der Waals surface area contributed by atoms with Crippen molar-refractivity contribution >= 4 is 24.5 Å². The average Bonchev–Trinajstić information content (AvgIpc) is 2.47. The fraction of sp³-hybridized carbons (Fsp3) is 0.429. The molecule has 70 valence electrons. The molecule has 1 aromatic rings. The summed E-state index contributed by atoms with van der Waals surface area (Å²) in [5.74, 6) is 0.742. The van der Waals surface area contributed by atoms with Gasteiger partial charge in [0.05, 0.1) is 6.20 Å². The Morgan fingerprint density at radius 1 is 1.69 bits per heavy atom. The maximum atomic E-state index is 11.3. The van der Waals surface area contributed by atoms with Gasteiger partial charge in [-0.1, -0.05) is 6.92 Å². The molecule has 1 unspecified atom stereocenters. The number of aromatic nitrogens is 2. The SMILES string of the molecule is CCc1cnn2c1NC(S)NC2=O. The second-order valence-electron chi connectivity index (χ2n) is 2.78. The van der Waals surface area contributed by atoms with Gasteiger partial charge in [-0.3, -0.25) is 0 Å². The molecular weight excluding hydrogens is 188 g/mol. The molecule has 1 aliphatic rings. The second kappa shape index (κ2) is 2.95. The van der Waals surface area contributed by atoms with Gasteiger partial charge in [-0.25, -0.2) is 4.79 Å². The number of carbonyl (C=O) groups is 1. The van der Waals surface area contributed by atoms with E-state index in [2.05, 4.69) is 28.4 Å². The summed E-state index contributed by atoms with van der Waals surface area (Å²) in [5.41, 5.74) is 0.691. The minimum absolute atomic E-state index is 0.242. The standard InChI is InChI=1S/C7H10N4OS/c1-2-4-3-8-11-5(4)9-6(13)10-7(11)12/h3,6,9,13H,2H2,1H3,(H,10,12). The van der Waals surface area contributed by atoms with E-state index in [0.717, 1.165) is 17.8 Å². The van der Waals surface area contributed by atoms with E-state index in [1.165, 1.54) is 4.68 Å². The monoisotopic (exact) mass is 198 g/mol. The van der Waals surface area contributed by atoms with Crippen LogP contribution in [0.3, 0.4) is 0 Å². The van der Waals surface area contributed by atoms with E-state index >= 15 is 0 Å². The molecule has 1 amide bonds. The number of carbonyl (C=O) groups excluding carboxylic acids is 1. The zero-order chi connectivity index (χ0) is 9.42. The molecule has 0 bridgehead atoms. The average molecular weight is 198 g/mol. The molecule has 1 atom stereocenters. The number of hydrogen-bond acceptors (Lipinski definition) is 4. The molecule has 2 rings (SSSR count). The Morgan fingerprint density at radius 2 is 2.46 bits per heavy atom. The highest BCUT2D eigenvalue weighted by atomic mass is 32.1. The number of anilines is 1. The van der Waals surface area contributed by atoms with Crippen LogP contribution in [0.5, 0.6) is 0 Å². The number of rotatable bonds is 1. The third-order valence-corrected chi connectivity index (χ3v) is 2.21. The number of aryl methyl sites for hydroxylation is 1. The fourth-order valence-corrected chi connectivity index (χ4v) is 1.53. The van der Waals surface area contributed by atoms with E-state index in [-0.39, 0.29) is 11.5 Å². The number of amides is 1. The number of hydrogen-bond donors (Lipinski definition) is 3. The molecule has 0 spiro atoms. The molecule has 13 heavy (non-hydrogen) atoms. The number of nitrogens with one attached hydrogen (secondary N) is 2. The highest BCUT2D eigenvalue weighted by molar-refractivity contribution is 7.81. The van der Waals surface area contributed by atoms with Gasteiger partial charge in [-0.05, 0) is 6.42 Å². The van der Waals surface area contributed by atoms with Crippen LogP contribution in [-0.2, 0) is 6.42 Å². The van der Waals surface area contributed by atoms with Gasteiger partial charge in [0.25, 0.3) is 0 Å². The van der Waals surface area contributed by atoms with Crippen LogP contribution in [0.15, 0.2) is 6.20 Å². The van der Waals surface area contributed by atoms with Crippen LogP contribution in [0.4, 0.5) is 10.6 Å². The number of nitrogens with zero attached hydrogens (tertiary/aromatic N) is 2. The highest BCUT2D eigenvalue weighted by Crippen LogP contribution is 2.19. The van der Waals surface area contributed by atoms with E-state index in [4.69, 9.17) is 0 Å². The van der Waals surface area contributed by atoms with Crippen molar-refractivity contribution in [2.75, 3.05) is 5.32 Å². The van der Waals surface area contributed by atoms with Gasteiger partial charge in [0.2, 0.25) is 0 Å². The Hall–Kier alpha value is -1.17. The zero-order valence-electron chi connectivity index (χ0n) is 7.11. The van der Waals surface area contributed by atoms with Crippen molar-refractivity contribution < 1.29 is 4.79 Å². The minimum atomic E-state index is -0.331. The zero-order valence-corrected chi connectivity index (χ0v) is 8.01. The molecule has 0 radical (unpaired) electrons. The number of thiol groups is 1. The van der Waals surface area contributed by atoms with E-state index in [1.54, 1.807) is 6.20 Å². The summed E-state index contributed by atoms with van der Waals surface area (Å²) in [7, 11) is 0. The van der Waals surface area contributed by atoms with Crippen LogP contribution in [0.2, 0.25) is 0 Å². The van der Waals surface area contributed by atoms with Crippen LogP contribution in [0, 0.1) is 0 Å². The second-order valence-corrected chi connectivity index (χ2v) is 3.30. The Balaban J connectivity index is 2.45. The Morgan fingerprint density at radius 3 is 3.15 bits per heavy atom. The molecule has 1 aliphatic heterocycles. The molecule has 0 aliphatic carbocycles. The van der Waals surface area contributed by atoms with E-state index in [1.807, 2.05) is 6.92 Å². The summed E-state index contributed by atoms with van der Waals surface area (Å²) in [4.78, 5) is 11.3. The molecule has 0 fully saturated rings. The molecule has 0 saturated heterocycles. The Kier molecular flexibility index (Phi) is 1.91. The first-order valence-electron chi connectivity index (χ1n) is 4.04. The van der Waals surface area contributed by atoms with Crippen LogP contribution < -0.4 is 10.6 Å². The van der Waals surface area contributed by atoms with E-state index in [9.17, 15) is 4.79 Å². The first kappa shape index (κ1) is 8.43. The normalized spacial score (nSPS) is 20.5. The summed E-state index contributed by atoms with van der Waals surface area (Å²) in [5, 5.41) is 9.56. The van der Waals surface area contributed by atoms with Crippen molar-refractivity contribution in [3.63, 3.8) is 0 Å². The van der Waals surface area contributed by atoms with Gasteiger partial charge in [0.1, 0.15) is 11.3 Å². The Bertz CT molecular complexity index is 348. The van der Waals surface area contributed by atoms with E-state index < -0.39 is 0 Å². The van der Waals surface area contributed by atoms with E-state index in [0.29, 0.717) is 0 Å². The van der Waals surface area contributed by atoms with Gasteiger partial charge in [-0.2, -0.15) is 9.78 Å². The summed E-state index contributed by atoms with van der Waals surface area (Å²) in [6.07, 6.45) is 2.53. The summed E-state index contributed by atoms with van der Waals surface area (Å²) >= 11 is 4.12. The third kappa shape index (κ3) is 1.27. The quantitative estimate of drug-likeness (QED) is 0.580. The molecule has 6 heteroatoms.